The van der Waals surface area contributed by atoms with E-state index >= 15 is 0 Å². The smallest absolute Gasteiger partial charge is 0.225 e. The van der Waals surface area contributed by atoms with Crippen molar-refractivity contribution in [2.24, 2.45) is 13.0 Å². The van der Waals surface area contributed by atoms with Crippen molar-refractivity contribution in [1.29, 1.82) is 0 Å². The van der Waals surface area contributed by atoms with Crippen molar-refractivity contribution >= 4 is 5.91 Å². The van der Waals surface area contributed by atoms with E-state index in [1.54, 1.807) is 4.68 Å². The van der Waals surface area contributed by atoms with Gasteiger partial charge in [0, 0.05) is 31.7 Å². The number of hydrogen-bond donors (Lipinski definition) is 0. The highest BCUT2D eigenvalue weighted by molar-refractivity contribution is 5.78. The van der Waals surface area contributed by atoms with Crippen LogP contribution in [0.2, 0.25) is 0 Å². The molecule has 1 aliphatic heterocycles. The van der Waals surface area contributed by atoms with E-state index in [0.29, 0.717) is 19.0 Å². The maximum atomic E-state index is 13.2. The van der Waals surface area contributed by atoms with Crippen molar-refractivity contribution in [1.82, 2.24) is 14.7 Å². The molecule has 3 aromatic rings. The zero-order chi connectivity index (χ0) is 23.4. The number of benzene rings is 2. The standard InChI is InChI=1S/C27H33N3O3/c1-19(2)26(31)30(17-23-14-9-15-32-23)18-24-25(21-11-6-5-7-12-21)28-29(4)27(24)33-22-13-8-10-20(3)16-22/h5-8,10-13,16,19,23H,9,14-15,17-18H2,1-4H3/t23-/m1/s1. The Morgan fingerprint density at radius 3 is 2.67 bits per heavy atom. The van der Waals surface area contributed by atoms with Crippen LogP contribution in [0.4, 0.5) is 0 Å². The van der Waals surface area contributed by atoms with Gasteiger partial charge in [0.15, 0.2) is 0 Å². The van der Waals surface area contributed by atoms with E-state index in [-0.39, 0.29) is 17.9 Å². The Bertz CT molecular complexity index is 1090. The quantitative estimate of drug-likeness (QED) is 0.467. The average molecular weight is 448 g/mol. The van der Waals surface area contributed by atoms with Crippen LogP contribution in [0, 0.1) is 12.8 Å². The van der Waals surface area contributed by atoms with Crippen molar-refractivity contribution in [3.05, 3.63) is 65.7 Å². The molecule has 1 atom stereocenters. The van der Waals surface area contributed by atoms with Crippen molar-refractivity contribution in [3.63, 3.8) is 0 Å². The van der Waals surface area contributed by atoms with Crippen LogP contribution in [-0.4, -0.2) is 39.8 Å². The third-order valence-electron chi connectivity index (χ3n) is 5.94. The van der Waals surface area contributed by atoms with E-state index in [9.17, 15) is 4.79 Å². The van der Waals surface area contributed by atoms with Crippen molar-refractivity contribution in [3.8, 4) is 22.9 Å². The number of amides is 1. The van der Waals surface area contributed by atoms with Gasteiger partial charge in [-0.25, -0.2) is 4.68 Å². The second-order valence-corrected chi connectivity index (χ2v) is 9.05. The first kappa shape index (κ1) is 23.1. The number of carbonyl (C=O) groups excluding carboxylic acids is 1. The van der Waals surface area contributed by atoms with Crippen LogP contribution in [0.5, 0.6) is 11.6 Å². The monoisotopic (exact) mass is 447 g/mol. The van der Waals surface area contributed by atoms with Crippen LogP contribution >= 0.6 is 0 Å². The molecule has 174 valence electrons. The summed E-state index contributed by atoms with van der Waals surface area (Å²) in [5, 5.41) is 4.81. The van der Waals surface area contributed by atoms with Gasteiger partial charge in [0.1, 0.15) is 11.4 Å². The number of carbonyl (C=O) groups is 1. The summed E-state index contributed by atoms with van der Waals surface area (Å²) in [7, 11) is 1.88. The fraction of sp³-hybridized carbons (Fsp3) is 0.407. The Hall–Kier alpha value is -3.12. The van der Waals surface area contributed by atoms with Gasteiger partial charge in [-0.3, -0.25) is 4.79 Å². The van der Waals surface area contributed by atoms with Gasteiger partial charge < -0.3 is 14.4 Å². The zero-order valence-corrected chi connectivity index (χ0v) is 20.0. The molecule has 0 aliphatic carbocycles. The lowest BCUT2D eigenvalue weighted by atomic mass is 10.1. The first-order chi connectivity index (χ1) is 15.9. The summed E-state index contributed by atoms with van der Waals surface area (Å²) in [6.07, 6.45) is 2.09. The van der Waals surface area contributed by atoms with Crippen LogP contribution in [0.25, 0.3) is 11.3 Å². The lowest BCUT2D eigenvalue weighted by Gasteiger charge is -2.27. The molecule has 1 fully saturated rings. The minimum absolute atomic E-state index is 0.0747. The summed E-state index contributed by atoms with van der Waals surface area (Å²) >= 11 is 0. The molecule has 33 heavy (non-hydrogen) atoms. The normalized spacial score (nSPS) is 15.7. The Balaban J connectivity index is 1.74. The zero-order valence-electron chi connectivity index (χ0n) is 20.0. The highest BCUT2D eigenvalue weighted by Gasteiger charge is 2.28. The second kappa shape index (κ2) is 10.2. The molecule has 1 aromatic heterocycles. The van der Waals surface area contributed by atoms with Crippen LogP contribution in [0.3, 0.4) is 0 Å². The highest BCUT2D eigenvalue weighted by atomic mass is 16.5. The molecule has 1 saturated heterocycles. The molecule has 0 spiro atoms. The van der Waals surface area contributed by atoms with Gasteiger partial charge in [-0.2, -0.15) is 5.10 Å². The number of ether oxygens (including phenoxy) is 2. The maximum absolute atomic E-state index is 13.2. The van der Waals surface area contributed by atoms with E-state index in [1.165, 1.54) is 0 Å². The molecule has 6 heteroatoms. The van der Waals surface area contributed by atoms with Crippen molar-refractivity contribution in [2.45, 2.75) is 46.3 Å². The maximum Gasteiger partial charge on any atom is 0.225 e. The molecular weight excluding hydrogens is 414 g/mol. The minimum Gasteiger partial charge on any atom is -0.439 e. The number of aryl methyl sites for hydroxylation is 2. The Labute approximate surface area is 196 Å². The fourth-order valence-electron chi connectivity index (χ4n) is 4.26. The summed E-state index contributed by atoms with van der Waals surface area (Å²) in [5.74, 6) is 1.40. The van der Waals surface area contributed by atoms with E-state index < -0.39 is 0 Å². The molecule has 2 heterocycles. The average Bonchev–Trinajstić information content (AvgIpc) is 3.42. The molecule has 0 saturated carbocycles. The van der Waals surface area contributed by atoms with Crippen LogP contribution in [0.15, 0.2) is 54.6 Å². The first-order valence-electron chi connectivity index (χ1n) is 11.7. The predicted molar refractivity (Wildman–Crippen MR) is 129 cm³/mol. The fourth-order valence-corrected chi connectivity index (χ4v) is 4.26. The largest absolute Gasteiger partial charge is 0.439 e. The first-order valence-corrected chi connectivity index (χ1v) is 11.7. The number of aromatic nitrogens is 2. The highest BCUT2D eigenvalue weighted by Crippen LogP contribution is 2.35. The third-order valence-corrected chi connectivity index (χ3v) is 5.94. The third kappa shape index (κ3) is 5.45. The minimum atomic E-state index is -0.107. The number of rotatable bonds is 8. The van der Waals surface area contributed by atoms with Gasteiger partial charge in [0.2, 0.25) is 11.8 Å². The summed E-state index contributed by atoms with van der Waals surface area (Å²) in [6, 6.07) is 18.0. The molecule has 0 N–H and O–H groups in total. The molecule has 6 nitrogen and oxygen atoms in total. The Morgan fingerprint density at radius 2 is 2.00 bits per heavy atom. The predicted octanol–water partition coefficient (Wildman–Crippen LogP) is 5.35. The van der Waals surface area contributed by atoms with Crippen LogP contribution in [-0.2, 0) is 23.1 Å². The van der Waals surface area contributed by atoms with Gasteiger partial charge in [0.25, 0.3) is 0 Å². The summed E-state index contributed by atoms with van der Waals surface area (Å²) in [5.41, 5.74) is 3.85. The topological polar surface area (TPSA) is 56.6 Å². The van der Waals surface area contributed by atoms with Crippen LogP contribution < -0.4 is 4.74 Å². The Kier molecular flexibility index (Phi) is 7.14. The second-order valence-electron chi connectivity index (χ2n) is 9.05. The molecule has 0 bridgehead atoms. The van der Waals surface area contributed by atoms with E-state index in [1.807, 2.05) is 87.3 Å². The van der Waals surface area contributed by atoms with Crippen molar-refractivity contribution in [2.75, 3.05) is 13.2 Å². The lowest BCUT2D eigenvalue weighted by Crippen LogP contribution is -2.39. The van der Waals surface area contributed by atoms with Gasteiger partial charge in [0.05, 0.1) is 18.2 Å². The van der Waals surface area contributed by atoms with E-state index in [0.717, 1.165) is 47.6 Å². The van der Waals surface area contributed by atoms with Crippen LogP contribution in [0.1, 0.15) is 37.8 Å². The van der Waals surface area contributed by atoms with Gasteiger partial charge in [-0.15, -0.1) is 0 Å². The van der Waals surface area contributed by atoms with Gasteiger partial charge >= 0.3 is 0 Å². The van der Waals surface area contributed by atoms with Gasteiger partial charge in [-0.1, -0.05) is 56.3 Å². The summed E-state index contributed by atoms with van der Waals surface area (Å²) < 4.78 is 14.0. The van der Waals surface area contributed by atoms with Gasteiger partial charge in [-0.05, 0) is 37.5 Å². The molecule has 1 amide bonds. The molecule has 0 radical (unpaired) electrons. The molecule has 2 aromatic carbocycles. The number of hydrogen-bond acceptors (Lipinski definition) is 4. The SMILES string of the molecule is Cc1cccc(Oc2c(CN(C[C@H]3CCCO3)C(=O)C(C)C)c(-c3ccccc3)nn2C)c1. The summed E-state index contributed by atoms with van der Waals surface area (Å²) in [4.78, 5) is 15.1. The molecule has 0 unspecified atom stereocenters. The van der Waals surface area contributed by atoms with Crippen molar-refractivity contribution < 1.29 is 14.3 Å². The Morgan fingerprint density at radius 1 is 1.21 bits per heavy atom. The molecule has 1 aliphatic rings. The number of nitrogens with zero attached hydrogens (tertiary/aromatic N) is 3. The molecule has 4 rings (SSSR count). The molecular formula is C27H33N3O3. The van der Waals surface area contributed by atoms with E-state index in [2.05, 4.69) is 0 Å². The summed E-state index contributed by atoms with van der Waals surface area (Å²) in [6.45, 7) is 7.67. The lowest BCUT2D eigenvalue weighted by molar-refractivity contribution is -0.136. The van der Waals surface area contributed by atoms with E-state index in [4.69, 9.17) is 14.6 Å².